The molecule has 1 amide bonds. The van der Waals surface area contributed by atoms with Gasteiger partial charge in [0.1, 0.15) is 0 Å². The van der Waals surface area contributed by atoms with Crippen LogP contribution in [0.5, 0.6) is 0 Å². The number of nitrogens with zero attached hydrogens (tertiary/aromatic N) is 2. The molecular weight excluding hydrogens is 228 g/mol. The second kappa shape index (κ2) is 6.53. The first-order valence-electron chi connectivity index (χ1n) is 7.40. The Hall–Kier alpha value is -0.610. The van der Waals surface area contributed by atoms with E-state index in [9.17, 15) is 9.90 Å². The Morgan fingerprint density at radius 3 is 2.67 bits per heavy atom. The lowest BCUT2D eigenvalue weighted by Crippen LogP contribution is -2.49. The first kappa shape index (κ1) is 13.8. The molecule has 2 aliphatic rings. The van der Waals surface area contributed by atoms with Gasteiger partial charge in [0.25, 0.3) is 0 Å². The van der Waals surface area contributed by atoms with Crippen LogP contribution in [0.1, 0.15) is 45.4 Å². The summed E-state index contributed by atoms with van der Waals surface area (Å²) in [7, 11) is 0. The Morgan fingerprint density at radius 2 is 1.94 bits per heavy atom. The second-order valence-electron chi connectivity index (χ2n) is 5.59. The van der Waals surface area contributed by atoms with Gasteiger partial charge in [-0.05, 0) is 45.1 Å². The van der Waals surface area contributed by atoms with Crippen LogP contribution in [0.2, 0.25) is 0 Å². The normalized spacial score (nSPS) is 29.8. The molecule has 0 saturated carbocycles. The van der Waals surface area contributed by atoms with E-state index < -0.39 is 0 Å². The first-order chi connectivity index (χ1) is 8.76. The predicted molar refractivity (Wildman–Crippen MR) is 71.3 cm³/mol. The van der Waals surface area contributed by atoms with Gasteiger partial charge in [-0.2, -0.15) is 0 Å². The summed E-state index contributed by atoms with van der Waals surface area (Å²) in [5.41, 5.74) is 0. The molecule has 2 rings (SSSR count). The molecule has 0 aliphatic carbocycles. The van der Waals surface area contributed by atoms with Crippen molar-refractivity contribution in [1.82, 2.24) is 9.80 Å². The van der Waals surface area contributed by atoms with Crippen LogP contribution in [0.15, 0.2) is 0 Å². The Labute approximate surface area is 110 Å². The van der Waals surface area contributed by atoms with Crippen LogP contribution in [0.25, 0.3) is 0 Å². The summed E-state index contributed by atoms with van der Waals surface area (Å²) in [6, 6.07) is 0.653. The Morgan fingerprint density at radius 1 is 1.17 bits per heavy atom. The summed E-state index contributed by atoms with van der Waals surface area (Å²) in [4.78, 5) is 16.6. The van der Waals surface area contributed by atoms with Gasteiger partial charge in [0.05, 0.1) is 13.2 Å². The van der Waals surface area contributed by atoms with Gasteiger partial charge in [-0.15, -0.1) is 0 Å². The SMILES string of the molecule is CCC1CCCCN1C(=O)CN1CCC[C@H]1CO. The van der Waals surface area contributed by atoms with E-state index in [1.165, 1.54) is 6.42 Å². The van der Waals surface area contributed by atoms with Crippen molar-refractivity contribution in [2.24, 2.45) is 0 Å². The molecular formula is C14H26N2O2. The third kappa shape index (κ3) is 3.04. The van der Waals surface area contributed by atoms with Crippen molar-refractivity contribution < 1.29 is 9.90 Å². The van der Waals surface area contributed by atoms with Crippen LogP contribution >= 0.6 is 0 Å². The molecule has 1 unspecified atom stereocenters. The minimum atomic E-state index is 0.185. The van der Waals surface area contributed by atoms with E-state index in [0.717, 1.165) is 45.2 Å². The van der Waals surface area contributed by atoms with Crippen LogP contribution in [0.4, 0.5) is 0 Å². The topological polar surface area (TPSA) is 43.8 Å². The molecule has 0 aromatic carbocycles. The maximum absolute atomic E-state index is 12.4. The minimum Gasteiger partial charge on any atom is -0.395 e. The van der Waals surface area contributed by atoms with Gasteiger partial charge in [-0.3, -0.25) is 9.69 Å². The van der Waals surface area contributed by atoms with Crippen molar-refractivity contribution in [3.63, 3.8) is 0 Å². The fourth-order valence-electron chi connectivity index (χ4n) is 3.33. The highest BCUT2D eigenvalue weighted by Gasteiger charge is 2.30. The highest BCUT2D eigenvalue weighted by molar-refractivity contribution is 5.78. The lowest BCUT2D eigenvalue weighted by molar-refractivity contribution is -0.136. The highest BCUT2D eigenvalue weighted by Crippen LogP contribution is 2.21. The molecule has 2 saturated heterocycles. The van der Waals surface area contributed by atoms with E-state index in [-0.39, 0.29) is 18.6 Å². The van der Waals surface area contributed by atoms with Gasteiger partial charge in [-0.25, -0.2) is 0 Å². The van der Waals surface area contributed by atoms with E-state index >= 15 is 0 Å². The predicted octanol–water partition coefficient (Wildman–Crippen LogP) is 1.23. The van der Waals surface area contributed by atoms with Crippen LogP contribution in [-0.2, 0) is 4.79 Å². The molecule has 2 fully saturated rings. The smallest absolute Gasteiger partial charge is 0.237 e. The lowest BCUT2D eigenvalue weighted by Gasteiger charge is -2.36. The van der Waals surface area contributed by atoms with E-state index in [2.05, 4.69) is 16.7 Å². The van der Waals surface area contributed by atoms with Crippen molar-refractivity contribution in [2.45, 2.75) is 57.5 Å². The molecule has 18 heavy (non-hydrogen) atoms. The van der Waals surface area contributed by atoms with Gasteiger partial charge in [0, 0.05) is 18.6 Å². The van der Waals surface area contributed by atoms with Gasteiger partial charge < -0.3 is 10.0 Å². The summed E-state index contributed by atoms with van der Waals surface area (Å²) >= 11 is 0. The van der Waals surface area contributed by atoms with Crippen LogP contribution < -0.4 is 0 Å². The fourth-order valence-corrected chi connectivity index (χ4v) is 3.33. The average molecular weight is 254 g/mol. The summed E-state index contributed by atoms with van der Waals surface area (Å²) in [6.45, 7) is 4.74. The van der Waals surface area contributed by atoms with Crippen LogP contribution in [0, 0.1) is 0 Å². The number of rotatable bonds is 4. The molecule has 0 spiro atoms. The van der Waals surface area contributed by atoms with Crippen molar-refractivity contribution >= 4 is 5.91 Å². The fraction of sp³-hybridized carbons (Fsp3) is 0.929. The highest BCUT2D eigenvalue weighted by atomic mass is 16.3. The maximum Gasteiger partial charge on any atom is 0.237 e. The minimum absolute atomic E-state index is 0.185. The third-order valence-electron chi connectivity index (χ3n) is 4.47. The third-order valence-corrected chi connectivity index (χ3v) is 4.47. The zero-order valence-electron chi connectivity index (χ0n) is 11.5. The molecule has 0 aromatic rings. The number of aliphatic hydroxyl groups excluding tert-OH is 1. The van der Waals surface area contributed by atoms with Crippen LogP contribution in [-0.4, -0.2) is 59.1 Å². The first-order valence-corrected chi connectivity index (χ1v) is 7.40. The van der Waals surface area contributed by atoms with E-state index in [0.29, 0.717) is 12.6 Å². The standard InChI is InChI=1S/C14H26N2O2/c1-2-12-6-3-4-9-16(12)14(18)10-15-8-5-7-13(15)11-17/h12-13,17H,2-11H2,1H3/t12?,13-/m0/s1. The second-order valence-corrected chi connectivity index (χ2v) is 5.59. The molecule has 0 aromatic heterocycles. The Kier molecular flexibility index (Phi) is 5.01. The number of amides is 1. The van der Waals surface area contributed by atoms with E-state index in [1.807, 2.05) is 0 Å². The molecule has 4 heteroatoms. The number of carbonyl (C=O) groups is 1. The average Bonchev–Trinajstić information content (AvgIpc) is 2.85. The lowest BCUT2D eigenvalue weighted by atomic mass is 10.00. The van der Waals surface area contributed by atoms with Gasteiger partial charge in [-0.1, -0.05) is 6.92 Å². The molecule has 2 atom stereocenters. The van der Waals surface area contributed by atoms with Crippen molar-refractivity contribution in [3.05, 3.63) is 0 Å². The van der Waals surface area contributed by atoms with Gasteiger partial charge in [0.15, 0.2) is 0 Å². The van der Waals surface area contributed by atoms with Crippen molar-refractivity contribution in [3.8, 4) is 0 Å². The zero-order valence-corrected chi connectivity index (χ0v) is 11.5. The number of hydrogen-bond acceptors (Lipinski definition) is 3. The Balaban J connectivity index is 1.89. The quantitative estimate of drug-likeness (QED) is 0.821. The molecule has 4 nitrogen and oxygen atoms in total. The maximum atomic E-state index is 12.4. The number of likely N-dealkylation sites (tertiary alicyclic amines) is 2. The molecule has 0 radical (unpaired) electrons. The zero-order chi connectivity index (χ0) is 13.0. The van der Waals surface area contributed by atoms with Gasteiger partial charge >= 0.3 is 0 Å². The number of piperidine rings is 1. The van der Waals surface area contributed by atoms with Crippen LogP contribution in [0.3, 0.4) is 0 Å². The Bertz CT molecular complexity index is 283. The van der Waals surface area contributed by atoms with E-state index in [4.69, 9.17) is 0 Å². The summed E-state index contributed by atoms with van der Waals surface area (Å²) in [6.07, 6.45) is 6.76. The molecule has 104 valence electrons. The van der Waals surface area contributed by atoms with Crippen molar-refractivity contribution in [1.29, 1.82) is 0 Å². The van der Waals surface area contributed by atoms with Crippen molar-refractivity contribution in [2.75, 3.05) is 26.2 Å². The number of carbonyl (C=O) groups excluding carboxylic acids is 1. The molecule has 0 bridgehead atoms. The van der Waals surface area contributed by atoms with E-state index in [1.54, 1.807) is 0 Å². The summed E-state index contributed by atoms with van der Waals surface area (Å²) in [5.74, 6) is 0.266. The molecule has 1 N–H and O–H groups in total. The molecule has 2 heterocycles. The number of hydrogen-bond donors (Lipinski definition) is 1. The molecule has 2 aliphatic heterocycles. The summed E-state index contributed by atoms with van der Waals surface area (Å²) < 4.78 is 0. The summed E-state index contributed by atoms with van der Waals surface area (Å²) in [5, 5.41) is 9.29. The monoisotopic (exact) mass is 254 g/mol. The largest absolute Gasteiger partial charge is 0.395 e. The number of aliphatic hydroxyl groups is 1. The van der Waals surface area contributed by atoms with Gasteiger partial charge in [0.2, 0.25) is 5.91 Å².